The first-order valence-electron chi connectivity index (χ1n) is 10.2. The number of fused-ring (bicyclic) bond motifs is 1. The van der Waals surface area contributed by atoms with E-state index >= 15 is 0 Å². The number of hydrogen-bond donors (Lipinski definition) is 2. The van der Waals surface area contributed by atoms with Gasteiger partial charge in [-0.2, -0.15) is 0 Å². The van der Waals surface area contributed by atoms with E-state index in [1.165, 1.54) is 0 Å². The molecule has 3 rings (SSSR count). The second-order valence-corrected chi connectivity index (χ2v) is 9.08. The summed E-state index contributed by atoms with van der Waals surface area (Å²) >= 11 is 0. The standard InChI is InChI=1S/C22H29N5O2S.HI/c1-3-23-22(25-15-17-30(28,29)19-10-5-4-6-11-19)24-14-9-16-27-18(2)26-20-12-7-8-13-21(20)27;/h4-8,10-13H,3,9,14-17H2,1-2H3,(H2,23,24,25);1H. The molecule has 0 aliphatic rings. The molecular formula is C22H30IN5O2S. The van der Waals surface area contributed by atoms with E-state index in [-0.39, 0.29) is 29.7 Å². The van der Waals surface area contributed by atoms with Crippen molar-refractivity contribution in [2.75, 3.05) is 25.4 Å². The van der Waals surface area contributed by atoms with Crippen LogP contribution in [0.4, 0.5) is 0 Å². The Morgan fingerprint density at radius 1 is 1.06 bits per heavy atom. The van der Waals surface area contributed by atoms with Crippen molar-refractivity contribution in [2.24, 2.45) is 4.99 Å². The molecule has 0 saturated carbocycles. The van der Waals surface area contributed by atoms with Crippen LogP contribution in [0.1, 0.15) is 19.2 Å². The molecule has 0 aliphatic carbocycles. The lowest BCUT2D eigenvalue weighted by Crippen LogP contribution is -2.39. The number of aryl methyl sites for hydroxylation is 2. The molecule has 0 bridgehead atoms. The van der Waals surface area contributed by atoms with Gasteiger partial charge in [0.2, 0.25) is 0 Å². The highest BCUT2D eigenvalue weighted by Crippen LogP contribution is 2.15. The number of benzene rings is 2. The van der Waals surface area contributed by atoms with Gasteiger partial charge in [0.25, 0.3) is 0 Å². The lowest BCUT2D eigenvalue weighted by Gasteiger charge is -2.12. The Labute approximate surface area is 201 Å². The topological polar surface area (TPSA) is 88.4 Å². The molecule has 0 radical (unpaired) electrons. The third-order valence-corrected chi connectivity index (χ3v) is 6.50. The molecule has 1 aromatic heterocycles. The summed E-state index contributed by atoms with van der Waals surface area (Å²) < 4.78 is 27.0. The van der Waals surface area contributed by atoms with Gasteiger partial charge in [0.15, 0.2) is 15.8 Å². The number of aromatic nitrogens is 2. The van der Waals surface area contributed by atoms with Crippen LogP contribution in [0, 0.1) is 6.92 Å². The molecule has 0 fully saturated rings. The summed E-state index contributed by atoms with van der Waals surface area (Å²) in [6, 6.07) is 16.6. The highest BCUT2D eigenvalue weighted by atomic mass is 127. The lowest BCUT2D eigenvalue weighted by molar-refractivity contribution is 0.594. The van der Waals surface area contributed by atoms with Gasteiger partial charge in [-0.05, 0) is 44.5 Å². The summed E-state index contributed by atoms with van der Waals surface area (Å²) in [6.45, 7) is 6.47. The maximum absolute atomic E-state index is 12.4. The zero-order chi connectivity index (χ0) is 21.4. The fourth-order valence-electron chi connectivity index (χ4n) is 3.29. The zero-order valence-electron chi connectivity index (χ0n) is 17.9. The smallest absolute Gasteiger partial charge is 0.191 e. The largest absolute Gasteiger partial charge is 0.357 e. The first-order chi connectivity index (χ1) is 14.5. The molecule has 31 heavy (non-hydrogen) atoms. The van der Waals surface area contributed by atoms with Crippen LogP contribution < -0.4 is 10.6 Å². The van der Waals surface area contributed by atoms with Gasteiger partial charge >= 0.3 is 0 Å². The Morgan fingerprint density at radius 3 is 2.52 bits per heavy atom. The summed E-state index contributed by atoms with van der Waals surface area (Å²) in [5.74, 6) is 1.64. The van der Waals surface area contributed by atoms with Crippen molar-refractivity contribution < 1.29 is 8.42 Å². The van der Waals surface area contributed by atoms with Crippen LogP contribution >= 0.6 is 24.0 Å². The van der Waals surface area contributed by atoms with Gasteiger partial charge in [0, 0.05) is 26.2 Å². The minimum atomic E-state index is -3.31. The first kappa shape index (κ1) is 25.1. The fraction of sp³-hybridized carbons (Fsp3) is 0.364. The van der Waals surface area contributed by atoms with Crippen molar-refractivity contribution in [3.8, 4) is 0 Å². The van der Waals surface area contributed by atoms with Crippen LogP contribution in [-0.2, 0) is 16.4 Å². The fourth-order valence-corrected chi connectivity index (χ4v) is 4.47. The number of halogens is 1. The van der Waals surface area contributed by atoms with Crippen LogP contribution in [-0.4, -0.2) is 49.3 Å². The summed E-state index contributed by atoms with van der Waals surface area (Å²) in [7, 11) is -3.31. The maximum atomic E-state index is 12.4. The molecule has 2 N–H and O–H groups in total. The molecule has 0 spiro atoms. The van der Waals surface area contributed by atoms with Crippen molar-refractivity contribution in [2.45, 2.75) is 31.7 Å². The van der Waals surface area contributed by atoms with E-state index in [0.717, 1.165) is 29.8 Å². The molecule has 0 aliphatic heterocycles. The number of sulfone groups is 1. The number of hydrogen-bond acceptors (Lipinski definition) is 4. The average molecular weight is 555 g/mol. The lowest BCUT2D eigenvalue weighted by atomic mass is 10.3. The molecular weight excluding hydrogens is 525 g/mol. The molecule has 9 heteroatoms. The Kier molecular flexibility index (Phi) is 9.76. The van der Waals surface area contributed by atoms with Gasteiger partial charge < -0.3 is 15.2 Å². The van der Waals surface area contributed by atoms with Crippen LogP contribution in [0.3, 0.4) is 0 Å². The quantitative estimate of drug-likeness (QED) is 0.183. The number of nitrogens with zero attached hydrogens (tertiary/aromatic N) is 3. The van der Waals surface area contributed by atoms with Crippen LogP contribution in [0.25, 0.3) is 11.0 Å². The number of rotatable bonds is 9. The molecule has 0 amide bonds. The predicted octanol–water partition coefficient (Wildman–Crippen LogP) is 3.38. The van der Waals surface area contributed by atoms with E-state index < -0.39 is 9.84 Å². The van der Waals surface area contributed by atoms with Crippen LogP contribution in [0.2, 0.25) is 0 Å². The summed E-state index contributed by atoms with van der Waals surface area (Å²) in [5, 5.41) is 6.29. The van der Waals surface area contributed by atoms with E-state index in [1.807, 2.05) is 32.0 Å². The SMILES string of the molecule is CCNC(=NCCCn1c(C)nc2ccccc21)NCCS(=O)(=O)c1ccccc1.I. The Morgan fingerprint density at radius 2 is 1.77 bits per heavy atom. The highest BCUT2D eigenvalue weighted by molar-refractivity contribution is 14.0. The van der Waals surface area contributed by atoms with E-state index in [0.29, 0.717) is 30.5 Å². The second kappa shape index (κ2) is 12.0. The normalized spacial score (nSPS) is 11.9. The van der Waals surface area contributed by atoms with E-state index in [9.17, 15) is 8.42 Å². The van der Waals surface area contributed by atoms with Gasteiger partial charge in [0.1, 0.15) is 5.82 Å². The third kappa shape index (κ3) is 6.93. The number of imidazole rings is 1. The number of para-hydroxylation sites is 2. The number of nitrogens with one attached hydrogen (secondary N) is 2. The van der Waals surface area contributed by atoms with Crippen LogP contribution in [0.5, 0.6) is 0 Å². The Hall–Kier alpha value is -2.14. The Bertz CT molecular complexity index is 1100. The molecule has 2 aromatic carbocycles. The predicted molar refractivity (Wildman–Crippen MR) is 137 cm³/mol. The van der Waals surface area contributed by atoms with Gasteiger partial charge in [-0.3, -0.25) is 4.99 Å². The second-order valence-electron chi connectivity index (χ2n) is 6.97. The van der Waals surface area contributed by atoms with Crippen molar-refractivity contribution in [1.29, 1.82) is 0 Å². The summed E-state index contributed by atoms with van der Waals surface area (Å²) in [5.41, 5.74) is 2.14. The zero-order valence-corrected chi connectivity index (χ0v) is 21.1. The van der Waals surface area contributed by atoms with E-state index in [2.05, 4.69) is 31.2 Å². The number of aliphatic imine (C=N–C) groups is 1. The third-order valence-electron chi connectivity index (χ3n) is 4.76. The summed E-state index contributed by atoms with van der Waals surface area (Å²) in [6.07, 6.45) is 0.861. The molecule has 1 heterocycles. The number of guanidine groups is 1. The molecule has 0 saturated heterocycles. The van der Waals surface area contributed by atoms with Crippen molar-refractivity contribution in [3.63, 3.8) is 0 Å². The van der Waals surface area contributed by atoms with Crippen molar-refractivity contribution >= 4 is 50.8 Å². The monoisotopic (exact) mass is 555 g/mol. The molecule has 3 aromatic rings. The van der Waals surface area contributed by atoms with Crippen LogP contribution in [0.15, 0.2) is 64.5 Å². The van der Waals surface area contributed by atoms with Gasteiger partial charge in [-0.15, -0.1) is 24.0 Å². The Balaban J connectivity index is 0.00000341. The highest BCUT2D eigenvalue weighted by Gasteiger charge is 2.13. The van der Waals surface area contributed by atoms with Gasteiger partial charge in [-0.25, -0.2) is 13.4 Å². The average Bonchev–Trinajstić information content (AvgIpc) is 3.06. The summed E-state index contributed by atoms with van der Waals surface area (Å²) in [4.78, 5) is 9.52. The first-order valence-corrected chi connectivity index (χ1v) is 11.9. The van der Waals surface area contributed by atoms with Crippen molar-refractivity contribution in [1.82, 2.24) is 20.2 Å². The van der Waals surface area contributed by atoms with E-state index in [1.54, 1.807) is 30.3 Å². The maximum Gasteiger partial charge on any atom is 0.191 e. The molecule has 0 unspecified atom stereocenters. The molecule has 168 valence electrons. The minimum Gasteiger partial charge on any atom is -0.357 e. The molecule has 0 atom stereocenters. The van der Waals surface area contributed by atoms with Gasteiger partial charge in [0.05, 0.1) is 21.7 Å². The van der Waals surface area contributed by atoms with Crippen molar-refractivity contribution in [3.05, 3.63) is 60.4 Å². The minimum absolute atomic E-state index is 0. The molecule has 7 nitrogen and oxygen atoms in total. The van der Waals surface area contributed by atoms with E-state index in [4.69, 9.17) is 0 Å². The van der Waals surface area contributed by atoms with Gasteiger partial charge in [-0.1, -0.05) is 30.3 Å².